The summed E-state index contributed by atoms with van der Waals surface area (Å²) in [7, 11) is 0. The summed E-state index contributed by atoms with van der Waals surface area (Å²) in [6, 6.07) is 3.51. The molecule has 1 aliphatic rings. The van der Waals surface area contributed by atoms with E-state index in [-0.39, 0.29) is 5.78 Å². The third-order valence-corrected chi connectivity index (χ3v) is 3.16. The van der Waals surface area contributed by atoms with Crippen molar-refractivity contribution in [3.8, 4) is 0 Å². The van der Waals surface area contributed by atoms with Crippen LogP contribution in [0.25, 0.3) is 0 Å². The maximum atomic E-state index is 12.0. The predicted molar refractivity (Wildman–Crippen MR) is 56.0 cm³/mol. The Morgan fingerprint density at radius 3 is 2.87 bits per heavy atom. The number of hydrogen-bond donors (Lipinski definition) is 1. The molecule has 0 bridgehead atoms. The lowest BCUT2D eigenvalue weighted by atomic mass is 10.0. The minimum Gasteiger partial charge on any atom is -0.464 e. The normalized spacial score (nSPS) is 23.5. The lowest BCUT2D eigenvalue weighted by molar-refractivity contribution is -0.144. The van der Waals surface area contributed by atoms with Gasteiger partial charge < -0.3 is 4.74 Å². The molecule has 0 amide bonds. The third kappa shape index (κ3) is 1.68. The highest BCUT2D eigenvalue weighted by atomic mass is 32.1. The maximum Gasteiger partial charge on any atom is 0.335 e. The number of nitrogens with one attached hydrogen (secondary N) is 1. The lowest BCUT2D eigenvalue weighted by Gasteiger charge is -2.09. The Balaban J connectivity index is 2.17. The number of ketones is 1. The van der Waals surface area contributed by atoms with Gasteiger partial charge in [-0.25, -0.2) is 4.79 Å². The first-order valence-electron chi connectivity index (χ1n) is 4.71. The van der Waals surface area contributed by atoms with Crippen molar-refractivity contribution < 1.29 is 14.3 Å². The zero-order valence-corrected chi connectivity index (χ0v) is 9.10. The van der Waals surface area contributed by atoms with Gasteiger partial charge >= 0.3 is 5.97 Å². The standard InChI is InChI=1S/C10H11NO3S/c1-2-14-9(13)10(6-11-10)8(12)7-4-3-5-15-7/h3-5,11H,2,6H2,1H3/t10-/m0/s1. The quantitative estimate of drug-likeness (QED) is 0.357. The van der Waals surface area contributed by atoms with E-state index < -0.39 is 11.5 Å². The second-order valence-electron chi connectivity index (χ2n) is 3.29. The first-order valence-corrected chi connectivity index (χ1v) is 5.59. The van der Waals surface area contributed by atoms with E-state index in [0.29, 0.717) is 18.0 Å². The first-order chi connectivity index (χ1) is 7.20. The van der Waals surface area contributed by atoms with Gasteiger partial charge in [0.1, 0.15) is 0 Å². The van der Waals surface area contributed by atoms with E-state index in [1.54, 1.807) is 19.1 Å². The number of Topliss-reactive ketones (excluding diaryl/α,β-unsaturated/α-hetero) is 1. The molecule has 0 radical (unpaired) electrons. The van der Waals surface area contributed by atoms with Crippen LogP contribution < -0.4 is 5.32 Å². The van der Waals surface area contributed by atoms with E-state index >= 15 is 0 Å². The lowest BCUT2D eigenvalue weighted by Crippen LogP contribution is -2.38. The number of carbonyl (C=O) groups is 2. The Kier molecular flexibility index (Phi) is 2.58. The molecule has 1 atom stereocenters. The molecule has 0 aromatic carbocycles. The molecule has 0 aliphatic carbocycles. The molecule has 15 heavy (non-hydrogen) atoms. The van der Waals surface area contributed by atoms with Crippen LogP contribution in [0.3, 0.4) is 0 Å². The van der Waals surface area contributed by atoms with Crippen molar-refractivity contribution in [1.29, 1.82) is 0 Å². The fourth-order valence-corrected chi connectivity index (χ4v) is 2.10. The van der Waals surface area contributed by atoms with Crippen molar-refractivity contribution in [2.24, 2.45) is 0 Å². The summed E-state index contributed by atoms with van der Waals surface area (Å²) < 4.78 is 4.87. The number of rotatable bonds is 4. The second-order valence-corrected chi connectivity index (χ2v) is 4.23. The van der Waals surface area contributed by atoms with Crippen LogP contribution in [0.5, 0.6) is 0 Å². The molecule has 0 spiro atoms. The van der Waals surface area contributed by atoms with Crippen LogP contribution >= 0.6 is 11.3 Å². The second kappa shape index (κ2) is 3.75. The van der Waals surface area contributed by atoms with Gasteiger partial charge in [-0.15, -0.1) is 11.3 Å². The number of thiophene rings is 1. The van der Waals surface area contributed by atoms with Crippen molar-refractivity contribution in [2.45, 2.75) is 12.5 Å². The molecule has 1 saturated heterocycles. The average Bonchev–Trinajstić information content (AvgIpc) is 2.86. The molecule has 0 saturated carbocycles. The van der Waals surface area contributed by atoms with E-state index in [0.717, 1.165) is 0 Å². The van der Waals surface area contributed by atoms with Crippen molar-refractivity contribution in [1.82, 2.24) is 5.32 Å². The summed E-state index contributed by atoms with van der Waals surface area (Å²) in [4.78, 5) is 24.1. The van der Waals surface area contributed by atoms with Gasteiger partial charge in [0.2, 0.25) is 5.78 Å². The molecule has 1 aliphatic heterocycles. The van der Waals surface area contributed by atoms with Crippen molar-refractivity contribution in [3.05, 3.63) is 22.4 Å². The van der Waals surface area contributed by atoms with Gasteiger partial charge in [-0.1, -0.05) is 6.07 Å². The van der Waals surface area contributed by atoms with Crippen molar-refractivity contribution in [3.63, 3.8) is 0 Å². The molecule has 1 N–H and O–H groups in total. The highest BCUT2D eigenvalue weighted by molar-refractivity contribution is 7.12. The van der Waals surface area contributed by atoms with Gasteiger partial charge in [-0.3, -0.25) is 10.1 Å². The monoisotopic (exact) mass is 225 g/mol. The highest BCUT2D eigenvalue weighted by Crippen LogP contribution is 2.26. The topological polar surface area (TPSA) is 65.3 Å². The maximum absolute atomic E-state index is 12.0. The molecule has 1 fully saturated rings. The van der Waals surface area contributed by atoms with Crippen LogP contribution in [0.15, 0.2) is 17.5 Å². The third-order valence-electron chi connectivity index (χ3n) is 2.29. The van der Waals surface area contributed by atoms with E-state index in [2.05, 4.69) is 5.32 Å². The van der Waals surface area contributed by atoms with Gasteiger partial charge in [0, 0.05) is 6.54 Å². The van der Waals surface area contributed by atoms with Gasteiger partial charge in [0.25, 0.3) is 0 Å². The molecular formula is C10H11NO3S. The Morgan fingerprint density at radius 2 is 2.40 bits per heavy atom. The van der Waals surface area contributed by atoms with Crippen LogP contribution in [-0.2, 0) is 9.53 Å². The minimum absolute atomic E-state index is 0.184. The van der Waals surface area contributed by atoms with Gasteiger partial charge in [0.05, 0.1) is 11.5 Å². The highest BCUT2D eigenvalue weighted by Gasteiger charge is 2.58. The van der Waals surface area contributed by atoms with Crippen LogP contribution in [0.2, 0.25) is 0 Å². The van der Waals surface area contributed by atoms with Crippen LogP contribution in [0, 0.1) is 0 Å². The van der Waals surface area contributed by atoms with Gasteiger partial charge in [-0.2, -0.15) is 0 Å². The van der Waals surface area contributed by atoms with E-state index in [1.807, 2.05) is 5.38 Å². The summed E-state index contributed by atoms with van der Waals surface area (Å²) in [5, 5.41) is 4.62. The Bertz CT molecular complexity index is 381. The minimum atomic E-state index is -1.10. The molecule has 4 nitrogen and oxygen atoms in total. The van der Waals surface area contributed by atoms with E-state index in [9.17, 15) is 9.59 Å². The van der Waals surface area contributed by atoms with Gasteiger partial charge in [-0.05, 0) is 18.4 Å². The molecule has 80 valence electrons. The van der Waals surface area contributed by atoms with E-state index in [4.69, 9.17) is 4.74 Å². The molecule has 5 heteroatoms. The first kappa shape index (κ1) is 10.3. The largest absolute Gasteiger partial charge is 0.464 e. The summed E-state index contributed by atoms with van der Waals surface area (Å²) in [6.45, 7) is 2.39. The van der Waals surface area contributed by atoms with Crippen LogP contribution in [-0.4, -0.2) is 30.4 Å². The Labute approximate surface area is 91.2 Å². The summed E-state index contributed by atoms with van der Waals surface area (Å²) in [5.41, 5.74) is -1.10. The van der Waals surface area contributed by atoms with Crippen LogP contribution in [0.4, 0.5) is 0 Å². The summed E-state index contributed by atoms with van der Waals surface area (Å²) in [6.07, 6.45) is 0. The molecule has 1 aromatic heterocycles. The van der Waals surface area contributed by atoms with E-state index in [1.165, 1.54) is 11.3 Å². The Hall–Kier alpha value is -1.20. The molecule has 1 aromatic rings. The van der Waals surface area contributed by atoms with Crippen molar-refractivity contribution >= 4 is 23.1 Å². The fraction of sp³-hybridized carbons (Fsp3) is 0.400. The zero-order valence-electron chi connectivity index (χ0n) is 8.28. The number of carbonyl (C=O) groups excluding carboxylic acids is 2. The summed E-state index contributed by atoms with van der Waals surface area (Å²) >= 11 is 1.34. The van der Waals surface area contributed by atoms with Crippen LogP contribution in [0.1, 0.15) is 16.6 Å². The molecular weight excluding hydrogens is 214 g/mol. The Morgan fingerprint density at radius 1 is 1.67 bits per heavy atom. The summed E-state index contributed by atoms with van der Waals surface area (Å²) in [5.74, 6) is -0.653. The smallest absolute Gasteiger partial charge is 0.335 e. The number of esters is 1. The number of hydrogen-bond acceptors (Lipinski definition) is 5. The predicted octanol–water partition coefficient (Wildman–Crippen LogP) is 0.836. The van der Waals surface area contributed by atoms with Crippen molar-refractivity contribution in [2.75, 3.05) is 13.2 Å². The zero-order chi connectivity index (χ0) is 10.9. The van der Waals surface area contributed by atoms with Gasteiger partial charge in [0.15, 0.2) is 5.54 Å². The number of ether oxygens (including phenoxy) is 1. The molecule has 2 rings (SSSR count). The molecule has 2 heterocycles. The average molecular weight is 225 g/mol. The molecule has 0 unspecified atom stereocenters. The SMILES string of the molecule is CCOC(=O)[C@@]1(C(=O)c2cccs2)CN1. The fourth-order valence-electron chi connectivity index (χ4n) is 1.36.